The molecule has 1 aromatic carbocycles. The molecule has 2 aromatic rings. The number of hydrogen-bond acceptors (Lipinski definition) is 8. The standard InChI is InChI=1S/C20H21N3O6S2/c1-3-29-18(27)10-14-11-30-20(22-14)23-19(28)12(2)31-15-6-4-13(5-7-15)21-16(24)8-9-17(25)26/h4-9,11-12H,3,10H2,1-2H3,(H,21,24)(H,25,26)(H,22,23,28)/b9-8+. The van der Waals surface area contributed by atoms with Crippen molar-refractivity contribution in [3.63, 3.8) is 0 Å². The third kappa shape index (κ3) is 8.60. The van der Waals surface area contributed by atoms with E-state index in [-0.39, 0.29) is 18.3 Å². The molecule has 0 aliphatic rings. The number of carbonyl (C=O) groups excluding carboxylic acids is 3. The fourth-order valence-corrected chi connectivity index (χ4v) is 3.80. The lowest BCUT2D eigenvalue weighted by Gasteiger charge is -2.11. The van der Waals surface area contributed by atoms with E-state index in [0.29, 0.717) is 23.1 Å². The van der Waals surface area contributed by atoms with E-state index >= 15 is 0 Å². The fraction of sp³-hybridized carbons (Fsp3) is 0.250. The Bertz CT molecular complexity index is 972. The molecule has 0 saturated carbocycles. The van der Waals surface area contributed by atoms with Crippen molar-refractivity contribution >= 4 is 57.7 Å². The molecule has 0 aliphatic carbocycles. The number of carboxylic acid groups (broad SMARTS) is 1. The van der Waals surface area contributed by atoms with E-state index in [4.69, 9.17) is 9.84 Å². The quantitative estimate of drug-likeness (QED) is 0.278. The third-order valence-corrected chi connectivity index (χ3v) is 5.51. The average Bonchev–Trinajstić information content (AvgIpc) is 3.14. The van der Waals surface area contributed by atoms with E-state index in [0.717, 1.165) is 17.0 Å². The molecule has 0 saturated heterocycles. The molecule has 0 aliphatic heterocycles. The number of nitrogens with one attached hydrogen (secondary N) is 2. The Labute approximate surface area is 186 Å². The number of rotatable bonds is 10. The van der Waals surface area contributed by atoms with Crippen molar-refractivity contribution in [3.05, 3.63) is 47.5 Å². The number of esters is 1. The maximum Gasteiger partial charge on any atom is 0.328 e. The Morgan fingerprint density at radius 3 is 2.55 bits per heavy atom. The molecule has 0 fully saturated rings. The van der Waals surface area contributed by atoms with Crippen molar-refractivity contribution in [2.24, 2.45) is 0 Å². The summed E-state index contributed by atoms with van der Waals surface area (Å²) < 4.78 is 4.88. The molecule has 164 valence electrons. The number of aliphatic carboxylic acids is 1. The summed E-state index contributed by atoms with van der Waals surface area (Å²) in [6, 6.07) is 6.79. The number of aromatic nitrogens is 1. The maximum absolute atomic E-state index is 12.4. The van der Waals surface area contributed by atoms with Crippen molar-refractivity contribution in [2.75, 3.05) is 17.2 Å². The highest BCUT2D eigenvalue weighted by molar-refractivity contribution is 8.00. The minimum absolute atomic E-state index is 0.0551. The Hall–Kier alpha value is -3.18. The summed E-state index contributed by atoms with van der Waals surface area (Å²) >= 11 is 2.56. The van der Waals surface area contributed by atoms with Gasteiger partial charge < -0.3 is 20.5 Å². The van der Waals surface area contributed by atoms with Crippen molar-refractivity contribution in [1.29, 1.82) is 0 Å². The monoisotopic (exact) mass is 463 g/mol. The van der Waals surface area contributed by atoms with Crippen molar-refractivity contribution in [3.8, 4) is 0 Å². The number of benzene rings is 1. The van der Waals surface area contributed by atoms with Gasteiger partial charge in [-0.15, -0.1) is 23.1 Å². The van der Waals surface area contributed by atoms with Gasteiger partial charge >= 0.3 is 11.9 Å². The molecule has 2 rings (SSSR count). The van der Waals surface area contributed by atoms with Crippen LogP contribution in [0.2, 0.25) is 0 Å². The van der Waals surface area contributed by atoms with E-state index in [9.17, 15) is 19.2 Å². The Morgan fingerprint density at radius 2 is 1.90 bits per heavy atom. The van der Waals surface area contributed by atoms with Gasteiger partial charge in [-0.05, 0) is 38.1 Å². The number of carbonyl (C=O) groups is 4. The summed E-state index contributed by atoms with van der Waals surface area (Å²) in [5.41, 5.74) is 1.04. The summed E-state index contributed by atoms with van der Waals surface area (Å²) in [6.07, 6.45) is 1.73. The van der Waals surface area contributed by atoms with E-state index in [1.807, 2.05) is 0 Å². The molecule has 1 unspecified atom stereocenters. The molecular weight excluding hydrogens is 442 g/mol. The zero-order valence-electron chi connectivity index (χ0n) is 16.8. The van der Waals surface area contributed by atoms with E-state index in [1.165, 1.54) is 23.1 Å². The number of anilines is 2. The van der Waals surface area contributed by atoms with Crippen LogP contribution in [0.5, 0.6) is 0 Å². The van der Waals surface area contributed by atoms with Gasteiger partial charge in [0.05, 0.1) is 24.0 Å². The molecule has 11 heteroatoms. The zero-order chi connectivity index (χ0) is 22.8. The molecule has 9 nitrogen and oxygen atoms in total. The van der Waals surface area contributed by atoms with Crippen LogP contribution in [-0.2, 0) is 30.3 Å². The lowest BCUT2D eigenvalue weighted by Crippen LogP contribution is -2.22. The predicted molar refractivity (Wildman–Crippen MR) is 118 cm³/mol. The molecule has 1 aromatic heterocycles. The van der Waals surface area contributed by atoms with Crippen LogP contribution >= 0.6 is 23.1 Å². The minimum atomic E-state index is -1.21. The van der Waals surface area contributed by atoms with Crippen molar-refractivity contribution in [2.45, 2.75) is 30.4 Å². The molecule has 1 heterocycles. The molecule has 0 radical (unpaired) electrons. The second-order valence-corrected chi connectivity index (χ2v) is 8.33. The van der Waals surface area contributed by atoms with Gasteiger partial charge in [0.15, 0.2) is 5.13 Å². The first-order chi connectivity index (χ1) is 14.8. The van der Waals surface area contributed by atoms with Crippen molar-refractivity contribution in [1.82, 2.24) is 4.98 Å². The lowest BCUT2D eigenvalue weighted by atomic mass is 10.3. The highest BCUT2D eigenvalue weighted by atomic mass is 32.2. The number of amides is 2. The zero-order valence-corrected chi connectivity index (χ0v) is 18.4. The topological polar surface area (TPSA) is 135 Å². The van der Waals surface area contributed by atoms with Gasteiger partial charge in [-0.1, -0.05) is 0 Å². The van der Waals surface area contributed by atoms with Crippen LogP contribution in [0.4, 0.5) is 10.8 Å². The van der Waals surface area contributed by atoms with Crippen LogP contribution in [0.1, 0.15) is 19.5 Å². The Kier molecular flexibility index (Phi) is 9.22. The van der Waals surface area contributed by atoms with Gasteiger partial charge in [-0.3, -0.25) is 14.4 Å². The first-order valence-corrected chi connectivity index (χ1v) is 10.9. The van der Waals surface area contributed by atoms with Gasteiger partial charge in [0, 0.05) is 28.1 Å². The first-order valence-electron chi connectivity index (χ1n) is 9.16. The molecule has 3 N–H and O–H groups in total. The number of thioether (sulfide) groups is 1. The van der Waals surface area contributed by atoms with Crippen molar-refractivity contribution < 1.29 is 29.0 Å². The van der Waals surface area contributed by atoms with Crippen LogP contribution in [0.15, 0.2) is 46.7 Å². The van der Waals surface area contributed by atoms with Gasteiger partial charge in [0.2, 0.25) is 11.8 Å². The average molecular weight is 464 g/mol. The van der Waals surface area contributed by atoms with Gasteiger partial charge in [0.1, 0.15) is 0 Å². The summed E-state index contributed by atoms with van der Waals surface area (Å²) in [5, 5.41) is 15.5. The van der Waals surface area contributed by atoms with E-state index in [2.05, 4.69) is 15.6 Å². The molecule has 2 amide bonds. The second-order valence-electron chi connectivity index (χ2n) is 6.06. The molecule has 1 atom stereocenters. The number of hydrogen-bond donors (Lipinski definition) is 3. The fourth-order valence-electron chi connectivity index (χ4n) is 2.22. The minimum Gasteiger partial charge on any atom is -0.478 e. The van der Waals surface area contributed by atoms with Crippen LogP contribution < -0.4 is 10.6 Å². The van der Waals surface area contributed by atoms with Gasteiger partial charge in [-0.25, -0.2) is 9.78 Å². The summed E-state index contributed by atoms with van der Waals surface area (Å²) in [5.74, 6) is -2.37. The number of thiazole rings is 1. The largest absolute Gasteiger partial charge is 0.478 e. The summed E-state index contributed by atoms with van der Waals surface area (Å²) in [7, 11) is 0. The molecule has 0 bridgehead atoms. The summed E-state index contributed by atoms with van der Waals surface area (Å²) in [4.78, 5) is 51.0. The first kappa shape index (κ1) is 24.1. The number of nitrogens with zero attached hydrogens (tertiary/aromatic N) is 1. The highest BCUT2D eigenvalue weighted by Gasteiger charge is 2.17. The summed E-state index contributed by atoms with van der Waals surface area (Å²) in [6.45, 7) is 3.78. The molecule has 0 spiro atoms. The van der Waals surface area contributed by atoms with Crippen LogP contribution in [-0.4, -0.2) is 45.7 Å². The van der Waals surface area contributed by atoms with Crippen LogP contribution in [0.25, 0.3) is 0 Å². The molecule has 31 heavy (non-hydrogen) atoms. The van der Waals surface area contributed by atoms with E-state index < -0.39 is 17.1 Å². The maximum atomic E-state index is 12.4. The van der Waals surface area contributed by atoms with Gasteiger partial charge in [0.25, 0.3) is 0 Å². The smallest absolute Gasteiger partial charge is 0.328 e. The van der Waals surface area contributed by atoms with E-state index in [1.54, 1.807) is 43.5 Å². The normalized spacial score (nSPS) is 11.7. The van der Waals surface area contributed by atoms with Crippen LogP contribution in [0.3, 0.4) is 0 Å². The van der Waals surface area contributed by atoms with Gasteiger partial charge in [-0.2, -0.15) is 0 Å². The van der Waals surface area contributed by atoms with Crippen LogP contribution in [0, 0.1) is 0 Å². The Morgan fingerprint density at radius 1 is 1.19 bits per heavy atom. The number of carboxylic acids is 1. The third-order valence-electron chi connectivity index (χ3n) is 3.59. The SMILES string of the molecule is CCOC(=O)Cc1csc(NC(=O)C(C)Sc2ccc(NC(=O)/C=C/C(=O)O)cc2)n1. The predicted octanol–water partition coefficient (Wildman–Crippen LogP) is 2.95. The number of ether oxygens (including phenoxy) is 1. The highest BCUT2D eigenvalue weighted by Crippen LogP contribution is 2.26. The lowest BCUT2D eigenvalue weighted by molar-refractivity contribution is -0.142. The Balaban J connectivity index is 1.86. The molecular formula is C20H21N3O6S2. The second kappa shape index (κ2) is 11.9.